The number of nitrogens with zero attached hydrogens (tertiary/aromatic N) is 2. The Kier molecular flexibility index (Phi) is 13.8. The molecule has 0 saturated heterocycles. The van der Waals surface area contributed by atoms with E-state index in [2.05, 4.69) is 9.48 Å². The molecule has 0 spiro atoms. The molecule has 2 aromatic rings. The van der Waals surface area contributed by atoms with Gasteiger partial charge in [-0.05, 0) is 88.4 Å². The predicted octanol–water partition coefficient (Wildman–Crippen LogP) is 5.92. The van der Waals surface area contributed by atoms with E-state index in [1.807, 2.05) is 63.3 Å². The maximum absolute atomic E-state index is 12.0. The fourth-order valence-electron chi connectivity index (χ4n) is 7.30. The summed E-state index contributed by atoms with van der Waals surface area (Å²) in [6.07, 6.45) is 16.5. The Balaban J connectivity index is 1.66. The summed E-state index contributed by atoms with van der Waals surface area (Å²) in [5, 5.41) is 9.06. The van der Waals surface area contributed by atoms with Crippen LogP contribution in [0.25, 0.3) is 0 Å². The zero-order valence-corrected chi connectivity index (χ0v) is 32.5. The Morgan fingerprint density at radius 2 is 1.42 bits per heavy atom. The van der Waals surface area contributed by atoms with Crippen LogP contribution in [0.4, 0.5) is 11.4 Å². The van der Waals surface area contributed by atoms with Gasteiger partial charge in [-0.25, -0.2) is 16.8 Å². The number of benzene rings is 2. The average Bonchev–Trinajstić information content (AvgIpc) is 3.48. The number of carboxylic acids is 1. The van der Waals surface area contributed by atoms with Gasteiger partial charge < -0.3 is 28.6 Å². The average molecular weight is 770 g/mol. The predicted molar refractivity (Wildman–Crippen MR) is 201 cm³/mol. The lowest BCUT2D eigenvalue weighted by Crippen LogP contribution is -2.33. The number of likely N-dealkylation sites (N-methyl/N-ethyl adjacent to an activating group) is 1. The van der Waals surface area contributed by atoms with Crippen LogP contribution < -0.4 is 4.90 Å². The fourth-order valence-corrected chi connectivity index (χ4v) is 8.30. The molecule has 0 bridgehead atoms. The summed E-state index contributed by atoms with van der Waals surface area (Å²) in [4.78, 5) is 12.6. The standard InChI is InChI=1S/C39H50N2O10S2/c1-6-40-33-20-18-29(52(44,45)46)27-31(33)38(2,22-25-50-4)35(40)15-11-8-7-9-12-16-36-39(3,23-26-51-5)32-28-30(53(47,48)49)19-21-34(32)41(36)24-14-10-13-17-37(42)43/h7-9,11-12,15-16,18-21,27-28H,6,10,13-14,17,22-26H2,1-5H3,(H2-,42,43,44,45,46,47,48,49)/p-1. The van der Waals surface area contributed by atoms with Crippen molar-refractivity contribution in [3.05, 3.63) is 95.8 Å². The molecule has 0 aromatic heterocycles. The van der Waals surface area contributed by atoms with Gasteiger partial charge in [0.2, 0.25) is 5.69 Å². The number of hydrogen-bond acceptors (Lipinski definition) is 10. The van der Waals surface area contributed by atoms with Gasteiger partial charge in [0.05, 0.1) is 15.2 Å². The van der Waals surface area contributed by atoms with E-state index < -0.39 is 37.0 Å². The number of methoxy groups -OCH3 is 2. The molecule has 288 valence electrons. The van der Waals surface area contributed by atoms with E-state index in [1.165, 1.54) is 24.3 Å². The lowest BCUT2D eigenvalue weighted by molar-refractivity contribution is -0.438. The molecule has 0 radical (unpaired) electrons. The molecule has 2 unspecified atom stereocenters. The maximum atomic E-state index is 12.0. The number of carbonyl (C=O) groups is 1. The summed E-state index contributed by atoms with van der Waals surface area (Å²) in [5.41, 5.74) is 3.64. The first-order valence-electron chi connectivity index (χ1n) is 17.6. The topological polar surface area (TPSA) is 176 Å². The van der Waals surface area contributed by atoms with E-state index in [9.17, 15) is 30.7 Å². The van der Waals surface area contributed by atoms with Gasteiger partial charge in [0.15, 0.2) is 5.71 Å². The van der Waals surface area contributed by atoms with Gasteiger partial charge >= 0.3 is 5.97 Å². The van der Waals surface area contributed by atoms with Crippen LogP contribution in [0.2, 0.25) is 0 Å². The quantitative estimate of drug-likeness (QED) is 0.0777. The van der Waals surface area contributed by atoms with Crippen LogP contribution >= 0.6 is 0 Å². The van der Waals surface area contributed by atoms with Gasteiger partial charge in [-0.3, -0.25) is 4.79 Å². The molecule has 2 aliphatic heterocycles. The first-order chi connectivity index (χ1) is 25.0. The highest BCUT2D eigenvalue weighted by molar-refractivity contribution is 7.86. The summed E-state index contributed by atoms with van der Waals surface area (Å²) in [5.74, 6) is -0.842. The van der Waals surface area contributed by atoms with E-state index in [4.69, 9.17) is 14.6 Å². The minimum atomic E-state index is -4.69. The van der Waals surface area contributed by atoms with Crippen molar-refractivity contribution in [1.29, 1.82) is 0 Å². The van der Waals surface area contributed by atoms with Gasteiger partial charge in [-0.2, -0.15) is 4.58 Å². The Morgan fingerprint density at radius 1 is 0.830 bits per heavy atom. The van der Waals surface area contributed by atoms with Crippen LogP contribution in [0, 0.1) is 0 Å². The number of allylic oxidation sites excluding steroid dienone is 8. The highest BCUT2D eigenvalue weighted by Gasteiger charge is 2.48. The minimum Gasteiger partial charge on any atom is -0.744 e. The van der Waals surface area contributed by atoms with Gasteiger partial charge in [0.1, 0.15) is 26.8 Å². The molecule has 0 fully saturated rings. The Morgan fingerprint density at radius 3 is 2.02 bits per heavy atom. The van der Waals surface area contributed by atoms with Gasteiger partial charge in [-0.1, -0.05) is 30.4 Å². The number of carboxylic acid groups (broad SMARTS) is 1. The molecule has 0 amide bonds. The summed E-state index contributed by atoms with van der Waals surface area (Å²) in [6, 6.07) is 8.96. The van der Waals surface area contributed by atoms with Gasteiger partial charge in [0.25, 0.3) is 0 Å². The van der Waals surface area contributed by atoms with Crippen molar-refractivity contribution in [2.24, 2.45) is 0 Å². The third kappa shape index (κ3) is 9.42. The van der Waals surface area contributed by atoms with Crippen molar-refractivity contribution in [3.8, 4) is 0 Å². The molecule has 4 rings (SSSR count). The van der Waals surface area contributed by atoms with E-state index in [-0.39, 0.29) is 16.2 Å². The first kappa shape index (κ1) is 41.8. The van der Waals surface area contributed by atoms with Crippen LogP contribution in [-0.4, -0.2) is 87.8 Å². The number of aliphatic carboxylic acids is 1. The van der Waals surface area contributed by atoms with Crippen LogP contribution in [0.3, 0.4) is 0 Å². The van der Waals surface area contributed by atoms with E-state index in [0.717, 1.165) is 28.3 Å². The Labute approximate surface area is 313 Å². The molecule has 12 nitrogen and oxygen atoms in total. The van der Waals surface area contributed by atoms with Crippen molar-refractivity contribution in [3.63, 3.8) is 0 Å². The first-order valence-corrected chi connectivity index (χ1v) is 20.4. The molecule has 2 aliphatic rings. The lowest BCUT2D eigenvalue weighted by Gasteiger charge is -2.29. The molecular weight excluding hydrogens is 721 g/mol. The number of fused-ring (bicyclic) bond motifs is 2. The Hall–Kier alpha value is -3.92. The Bertz CT molecular complexity index is 2050. The van der Waals surface area contributed by atoms with Gasteiger partial charge in [-0.15, -0.1) is 0 Å². The lowest BCUT2D eigenvalue weighted by atomic mass is 9.76. The number of hydrogen-bond donors (Lipinski definition) is 1. The third-order valence-corrected chi connectivity index (χ3v) is 11.8. The van der Waals surface area contributed by atoms with E-state index in [1.54, 1.807) is 26.4 Å². The summed E-state index contributed by atoms with van der Waals surface area (Å²) in [6.45, 7) is 8.02. The number of unbranched alkanes of at least 4 members (excludes halogenated alkanes) is 2. The summed E-state index contributed by atoms with van der Waals surface area (Å²) < 4.78 is 84.6. The maximum Gasteiger partial charge on any atom is 0.303 e. The molecule has 2 aromatic carbocycles. The van der Waals surface area contributed by atoms with Crippen LogP contribution in [0.5, 0.6) is 0 Å². The fraction of sp³-hybridized carbons (Fsp3) is 0.436. The van der Waals surface area contributed by atoms with E-state index >= 15 is 0 Å². The molecule has 2 atom stereocenters. The van der Waals surface area contributed by atoms with Crippen LogP contribution in [-0.2, 0) is 45.3 Å². The summed E-state index contributed by atoms with van der Waals surface area (Å²) in [7, 11) is -6.13. The van der Waals surface area contributed by atoms with E-state index in [0.29, 0.717) is 64.0 Å². The summed E-state index contributed by atoms with van der Waals surface area (Å²) >= 11 is 0. The van der Waals surface area contributed by atoms with Crippen molar-refractivity contribution in [2.75, 3.05) is 45.4 Å². The second kappa shape index (κ2) is 17.5. The molecule has 2 heterocycles. The van der Waals surface area contributed by atoms with Crippen LogP contribution in [0.1, 0.15) is 70.4 Å². The normalized spacial score (nSPS) is 21.2. The van der Waals surface area contributed by atoms with Crippen molar-refractivity contribution in [1.82, 2.24) is 0 Å². The minimum absolute atomic E-state index is 0.0841. The molecule has 0 aliphatic carbocycles. The molecule has 14 heteroatoms. The second-order valence-corrected chi connectivity index (χ2v) is 16.3. The largest absolute Gasteiger partial charge is 0.744 e. The highest BCUT2D eigenvalue weighted by atomic mass is 32.2. The van der Waals surface area contributed by atoms with Crippen molar-refractivity contribution < 1.29 is 49.9 Å². The zero-order valence-electron chi connectivity index (χ0n) is 30.9. The molecule has 1 N–H and O–H groups in total. The molecular formula is C39H49N2O10S2-. The monoisotopic (exact) mass is 769 g/mol. The smallest absolute Gasteiger partial charge is 0.303 e. The SMILES string of the molecule is CCN1/C(=C/C=C/C=C/C=C/C2=[N+](CCCCCC(=O)O)c3ccc(S(=O)(=O)[O-])cc3C2(C)CCOC)C(C)(CCOC)c2cc(S(=O)(=O)[O-])ccc21. The number of rotatable bonds is 19. The van der Waals surface area contributed by atoms with Crippen LogP contribution in [0.15, 0.2) is 94.4 Å². The number of anilines is 1. The molecule has 0 saturated carbocycles. The number of ether oxygens (including phenoxy) is 2. The van der Waals surface area contributed by atoms with Crippen molar-refractivity contribution in [2.45, 2.75) is 79.9 Å². The zero-order chi connectivity index (χ0) is 39.0. The third-order valence-electron chi connectivity index (χ3n) is 10.1. The van der Waals surface area contributed by atoms with Gasteiger partial charge in [0, 0.05) is 81.3 Å². The second-order valence-electron chi connectivity index (χ2n) is 13.6. The highest BCUT2D eigenvalue weighted by Crippen LogP contribution is 2.50. The van der Waals surface area contributed by atoms with Crippen molar-refractivity contribution >= 4 is 43.3 Å². The molecule has 53 heavy (non-hydrogen) atoms.